The molecule has 2 aliphatic rings. The number of benzene rings is 1. The van der Waals surface area contributed by atoms with Crippen molar-refractivity contribution < 1.29 is 13.2 Å². The van der Waals surface area contributed by atoms with Crippen molar-refractivity contribution in [3.05, 3.63) is 47.1 Å². The molecule has 10 heteroatoms. The lowest BCUT2D eigenvalue weighted by Gasteiger charge is -2.45. The fraction of sp³-hybridized carbons (Fsp3) is 0.435. The van der Waals surface area contributed by atoms with Crippen LogP contribution >= 0.6 is 11.3 Å². The fourth-order valence-corrected chi connectivity index (χ4v) is 6.52. The first kappa shape index (κ1) is 22.1. The maximum atomic E-state index is 12.6. The molecule has 1 aliphatic heterocycles. The number of fused-ring (bicyclic) bond motifs is 1. The van der Waals surface area contributed by atoms with Crippen molar-refractivity contribution >= 4 is 49.0 Å². The minimum absolute atomic E-state index is 0.126. The van der Waals surface area contributed by atoms with E-state index in [1.807, 2.05) is 0 Å². The van der Waals surface area contributed by atoms with Gasteiger partial charge in [0.2, 0.25) is 10.0 Å². The van der Waals surface area contributed by atoms with Gasteiger partial charge in [0.25, 0.3) is 5.91 Å². The number of carbonyl (C=O) groups is 1. The third kappa shape index (κ3) is 4.54. The first-order valence-corrected chi connectivity index (χ1v) is 13.8. The second-order valence-corrected chi connectivity index (χ2v) is 12.0. The van der Waals surface area contributed by atoms with Crippen molar-refractivity contribution in [2.75, 3.05) is 29.0 Å². The molecule has 1 spiro atoms. The van der Waals surface area contributed by atoms with Gasteiger partial charge in [0, 0.05) is 35.3 Å². The Morgan fingerprint density at radius 2 is 2.00 bits per heavy atom. The number of nitrogens with one attached hydrogen (secondary N) is 2. The number of rotatable bonds is 6. The molecule has 33 heavy (non-hydrogen) atoms. The summed E-state index contributed by atoms with van der Waals surface area (Å²) in [6.07, 6.45) is 6.78. The van der Waals surface area contributed by atoms with E-state index in [0.29, 0.717) is 11.3 Å². The summed E-state index contributed by atoms with van der Waals surface area (Å²) < 4.78 is 25.1. The largest absolute Gasteiger partial charge is 0.355 e. The summed E-state index contributed by atoms with van der Waals surface area (Å²) in [4.78, 5) is 26.4. The smallest absolute Gasteiger partial charge is 0.251 e. The van der Waals surface area contributed by atoms with Gasteiger partial charge in [-0.2, -0.15) is 0 Å². The zero-order valence-electron chi connectivity index (χ0n) is 18.7. The Hall–Kier alpha value is -2.72. The normalized spacial score (nSPS) is 22.5. The summed E-state index contributed by atoms with van der Waals surface area (Å²) in [6.45, 7) is 4.08. The molecule has 1 saturated heterocycles. The van der Waals surface area contributed by atoms with Crippen LogP contribution in [0.15, 0.2) is 36.7 Å². The maximum absolute atomic E-state index is 12.6. The van der Waals surface area contributed by atoms with E-state index in [0.717, 1.165) is 61.1 Å². The second kappa shape index (κ2) is 8.25. The van der Waals surface area contributed by atoms with E-state index >= 15 is 0 Å². The molecule has 8 nitrogen and oxygen atoms in total. The van der Waals surface area contributed by atoms with Crippen LogP contribution in [0.1, 0.15) is 41.4 Å². The minimum atomic E-state index is -3.34. The number of hydrogen-bond donors (Lipinski definition) is 2. The number of nitrogens with zero attached hydrogens (tertiary/aromatic N) is 3. The van der Waals surface area contributed by atoms with Crippen molar-refractivity contribution in [3.8, 4) is 0 Å². The standard InChI is InChI=1S/C23H27N5O3S2/c1-3-18-10-19-20(24-14-25-22(19)32-18)28-9-8-23(13-28)11-17(12-23)26-21(29)15-4-6-16(7-5-15)27-33(2,30)31/h4-7,10,14,17,27H,3,8-9,11-13H2,1-2H3,(H,26,29). The number of hydrogen-bond acceptors (Lipinski definition) is 7. The molecule has 2 fully saturated rings. The fourth-order valence-electron chi connectivity index (χ4n) is 5.03. The summed E-state index contributed by atoms with van der Waals surface area (Å²) in [6, 6.07) is 8.86. The lowest BCUT2D eigenvalue weighted by Crippen LogP contribution is -2.52. The topological polar surface area (TPSA) is 104 Å². The average Bonchev–Trinajstić information content (AvgIpc) is 3.37. The van der Waals surface area contributed by atoms with Crippen LogP contribution in [0, 0.1) is 5.41 Å². The van der Waals surface area contributed by atoms with Crippen molar-refractivity contribution in [1.82, 2.24) is 15.3 Å². The maximum Gasteiger partial charge on any atom is 0.251 e. The van der Waals surface area contributed by atoms with Gasteiger partial charge in [-0.1, -0.05) is 6.92 Å². The van der Waals surface area contributed by atoms with Crippen molar-refractivity contribution in [3.63, 3.8) is 0 Å². The molecular weight excluding hydrogens is 458 g/mol. The van der Waals surface area contributed by atoms with Crippen LogP contribution in [0.4, 0.5) is 11.5 Å². The van der Waals surface area contributed by atoms with Gasteiger partial charge in [-0.15, -0.1) is 11.3 Å². The third-order valence-corrected chi connectivity index (χ3v) is 8.38. The van der Waals surface area contributed by atoms with Crippen LogP contribution in [-0.4, -0.2) is 49.7 Å². The predicted molar refractivity (Wildman–Crippen MR) is 131 cm³/mol. The van der Waals surface area contributed by atoms with Gasteiger partial charge >= 0.3 is 0 Å². The SMILES string of the molecule is CCc1cc2c(N3CCC4(CC(NC(=O)c5ccc(NS(C)(=O)=O)cc5)C4)C3)ncnc2s1. The number of amides is 1. The predicted octanol–water partition coefficient (Wildman–Crippen LogP) is 3.41. The Labute approximate surface area is 197 Å². The van der Waals surface area contributed by atoms with Crippen LogP contribution in [-0.2, 0) is 16.4 Å². The molecular formula is C23H27N5O3S2. The van der Waals surface area contributed by atoms with Gasteiger partial charge < -0.3 is 10.2 Å². The second-order valence-electron chi connectivity index (χ2n) is 9.18. The first-order chi connectivity index (χ1) is 15.7. The van der Waals surface area contributed by atoms with Gasteiger partial charge in [-0.05, 0) is 61.4 Å². The van der Waals surface area contributed by atoms with Crippen molar-refractivity contribution in [1.29, 1.82) is 0 Å². The molecule has 3 heterocycles. The summed E-state index contributed by atoms with van der Waals surface area (Å²) in [5, 5.41) is 4.27. The molecule has 1 aromatic carbocycles. The monoisotopic (exact) mass is 485 g/mol. The van der Waals surface area contributed by atoms with Gasteiger partial charge in [-0.25, -0.2) is 18.4 Å². The highest BCUT2D eigenvalue weighted by molar-refractivity contribution is 7.92. The zero-order chi connectivity index (χ0) is 23.2. The number of anilines is 2. The number of sulfonamides is 1. The minimum Gasteiger partial charge on any atom is -0.355 e. The highest BCUT2D eigenvalue weighted by Gasteiger charge is 2.49. The van der Waals surface area contributed by atoms with E-state index in [2.05, 4.69) is 37.9 Å². The lowest BCUT2D eigenvalue weighted by molar-refractivity contribution is 0.0757. The lowest BCUT2D eigenvalue weighted by atomic mass is 9.65. The summed E-state index contributed by atoms with van der Waals surface area (Å²) >= 11 is 1.74. The quantitative estimate of drug-likeness (QED) is 0.555. The Kier molecular flexibility index (Phi) is 5.52. The molecule has 3 aromatic rings. The number of thiophene rings is 1. The van der Waals surface area contributed by atoms with Crippen LogP contribution in [0.5, 0.6) is 0 Å². The van der Waals surface area contributed by atoms with Crippen LogP contribution in [0.2, 0.25) is 0 Å². The summed E-state index contributed by atoms with van der Waals surface area (Å²) in [5.41, 5.74) is 1.19. The van der Waals surface area contributed by atoms with Gasteiger partial charge in [0.1, 0.15) is 17.0 Å². The van der Waals surface area contributed by atoms with E-state index in [4.69, 9.17) is 0 Å². The van der Waals surface area contributed by atoms with Gasteiger partial charge in [0.15, 0.2) is 0 Å². The summed E-state index contributed by atoms with van der Waals surface area (Å²) in [7, 11) is -3.34. The molecule has 0 bridgehead atoms. The van der Waals surface area contributed by atoms with Crippen LogP contribution < -0.4 is 14.9 Å². The molecule has 2 N–H and O–H groups in total. The van der Waals surface area contributed by atoms with Crippen LogP contribution in [0.3, 0.4) is 0 Å². The molecule has 0 radical (unpaired) electrons. The summed E-state index contributed by atoms with van der Waals surface area (Å²) in [5.74, 6) is 0.904. The van der Waals surface area contributed by atoms with E-state index in [9.17, 15) is 13.2 Å². The van der Waals surface area contributed by atoms with Gasteiger partial charge in [-0.3, -0.25) is 9.52 Å². The average molecular weight is 486 g/mol. The van der Waals surface area contributed by atoms with Crippen molar-refractivity contribution in [2.24, 2.45) is 5.41 Å². The molecule has 174 valence electrons. The Balaban J connectivity index is 1.19. The molecule has 0 unspecified atom stereocenters. The number of aryl methyl sites for hydroxylation is 1. The van der Waals surface area contributed by atoms with Gasteiger partial charge in [0.05, 0.1) is 11.6 Å². The Morgan fingerprint density at radius 3 is 2.70 bits per heavy atom. The van der Waals surface area contributed by atoms with E-state index in [1.54, 1.807) is 41.9 Å². The zero-order valence-corrected chi connectivity index (χ0v) is 20.3. The Bertz CT molecular complexity index is 1300. The van der Waals surface area contributed by atoms with E-state index in [-0.39, 0.29) is 17.4 Å². The first-order valence-electron chi connectivity index (χ1n) is 11.1. The number of carbonyl (C=O) groups excluding carboxylic acids is 1. The van der Waals surface area contributed by atoms with Crippen molar-refractivity contribution in [2.45, 2.75) is 38.6 Å². The molecule has 2 aromatic heterocycles. The molecule has 5 rings (SSSR count). The molecule has 0 atom stereocenters. The third-order valence-electron chi connectivity index (χ3n) is 6.59. The van der Waals surface area contributed by atoms with Crippen LogP contribution in [0.25, 0.3) is 10.2 Å². The Morgan fingerprint density at radius 1 is 1.24 bits per heavy atom. The molecule has 1 aliphatic carbocycles. The number of aromatic nitrogens is 2. The van der Waals surface area contributed by atoms with E-state index < -0.39 is 10.0 Å². The highest BCUT2D eigenvalue weighted by Crippen LogP contribution is 2.49. The van der Waals surface area contributed by atoms with E-state index in [1.165, 1.54) is 4.88 Å². The highest BCUT2D eigenvalue weighted by atomic mass is 32.2. The molecule has 1 saturated carbocycles. The molecule has 1 amide bonds.